The lowest BCUT2D eigenvalue weighted by Crippen LogP contribution is -2.29. The van der Waals surface area contributed by atoms with Crippen molar-refractivity contribution < 1.29 is 57.7 Å². The number of unbranched alkanes of at least 4 members (excludes halogenated alkanes) is 10. The van der Waals surface area contributed by atoms with Gasteiger partial charge < -0.3 is 35.4 Å². The molecule has 59 heavy (non-hydrogen) atoms. The molecule has 0 aromatic carbocycles. The summed E-state index contributed by atoms with van der Waals surface area (Å²) >= 11 is 0. The molecular weight excluding hydrogens is 777 g/mol. The maximum absolute atomic E-state index is 12.8. The van der Waals surface area contributed by atoms with Gasteiger partial charge in [0.25, 0.3) is 0 Å². The topological polar surface area (TPSA) is 212 Å². The van der Waals surface area contributed by atoms with Crippen LogP contribution < -0.4 is 5.73 Å². The molecule has 0 saturated heterocycles. The largest absolute Gasteiger partial charge is 0.472 e. The van der Waals surface area contributed by atoms with Crippen LogP contribution in [0.2, 0.25) is 0 Å². The second kappa shape index (κ2) is 35.2. The minimum atomic E-state index is -4.48. The van der Waals surface area contributed by atoms with E-state index in [4.69, 9.17) is 24.3 Å². The maximum atomic E-state index is 12.8. The molecule has 7 atom stereocenters. The number of hydrogen-bond donors (Lipinski definition) is 5. The van der Waals surface area contributed by atoms with Crippen molar-refractivity contribution in [1.29, 1.82) is 0 Å². The van der Waals surface area contributed by atoms with E-state index >= 15 is 0 Å². The first-order chi connectivity index (χ1) is 28.4. The van der Waals surface area contributed by atoms with E-state index in [1.165, 1.54) is 38.5 Å². The number of rotatable bonds is 37. The number of esters is 2. The molecule has 1 rings (SSSR count). The zero-order valence-corrected chi connectivity index (χ0v) is 36.9. The van der Waals surface area contributed by atoms with Gasteiger partial charge in [-0.25, -0.2) is 4.57 Å². The lowest BCUT2D eigenvalue weighted by molar-refractivity contribution is -0.161. The molecule has 0 heterocycles. The summed E-state index contributed by atoms with van der Waals surface area (Å²) < 4.78 is 32.6. The fraction of sp³-hybridized carbons (Fsp3) is 0.756. The molecule has 13 nitrogen and oxygen atoms in total. The number of nitrogens with two attached hydrogens (primary N) is 1. The van der Waals surface area contributed by atoms with Crippen molar-refractivity contribution in [2.45, 2.75) is 180 Å². The van der Waals surface area contributed by atoms with Crippen molar-refractivity contribution in [3.05, 3.63) is 48.6 Å². The van der Waals surface area contributed by atoms with Gasteiger partial charge in [-0.1, -0.05) is 114 Å². The van der Waals surface area contributed by atoms with Gasteiger partial charge in [0.1, 0.15) is 12.4 Å². The van der Waals surface area contributed by atoms with E-state index in [1.54, 1.807) is 12.2 Å². The Hall–Kier alpha value is -2.48. The molecule has 1 aliphatic carbocycles. The fourth-order valence-electron chi connectivity index (χ4n) is 6.76. The van der Waals surface area contributed by atoms with Gasteiger partial charge in [0.15, 0.2) is 6.10 Å². The Balaban J connectivity index is 2.46. The van der Waals surface area contributed by atoms with Crippen molar-refractivity contribution >= 4 is 25.5 Å². The number of allylic oxidation sites excluding steroid dienone is 6. The van der Waals surface area contributed by atoms with Crippen molar-refractivity contribution in [1.82, 2.24) is 0 Å². The highest BCUT2D eigenvalue weighted by Gasteiger charge is 2.41. The molecule has 0 spiro atoms. The number of phosphoric ester groups is 1. The number of phosphoric acid groups is 1. The lowest BCUT2D eigenvalue weighted by Gasteiger charge is -2.20. The first-order valence-corrected chi connectivity index (χ1v) is 23.8. The Labute approximate surface area is 354 Å². The predicted molar refractivity (Wildman–Crippen MR) is 231 cm³/mol. The van der Waals surface area contributed by atoms with Crippen molar-refractivity contribution in [3.8, 4) is 0 Å². The average molecular weight is 856 g/mol. The van der Waals surface area contributed by atoms with E-state index in [0.717, 1.165) is 38.5 Å². The van der Waals surface area contributed by atoms with Gasteiger partial charge in [-0.05, 0) is 57.8 Å². The number of Topliss-reactive ketones (excluding diaryl/α,β-unsaturated/α-hetero) is 1. The fourth-order valence-corrected chi connectivity index (χ4v) is 7.53. The van der Waals surface area contributed by atoms with E-state index < -0.39 is 69.2 Å². The SMILES string of the molecule is CCCCCCCC/C=C\C/C=C\C/C=C\CCCC(=O)O[C@H](COC(=O)CCCCC(=O)C[C@@H]1[C@@H](/C=C/[C@@H](O)CCCCC)[C@H](O)C[C@@H]1O)COP(=O)(O)OCCN. The number of aliphatic hydroxyl groups is 3. The van der Waals surface area contributed by atoms with Crippen LogP contribution in [0.1, 0.15) is 155 Å². The summed E-state index contributed by atoms with van der Waals surface area (Å²) in [5, 5.41) is 31.3. The van der Waals surface area contributed by atoms with Gasteiger partial charge >= 0.3 is 19.8 Å². The summed E-state index contributed by atoms with van der Waals surface area (Å²) in [6.45, 7) is 3.12. The normalized spacial score (nSPS) is 20.5. The third-order valence-corrected chi connectivity index (χ3v) is 11.2. The minimum absolute atomic E-state index is 0.00917. The van der Waals surface area contributed by atoms with Crippen LogP contribution >= 0.6 is 7.82 Å². The molecule has 340 valence electrons. The number of carbonyl (C=O) groups excluding carboxylic acids is 3. The first kappa shape index (κ1) is 54.5. The summed E-state index contributed by atoms with van der Waals surface area (Å²) in [6.07, 6.45) is 29.3. The molecule has 0 aromatic heterocycles. The van der Waals surface area contributed by atoms with Gasteiger partial charge in [0.05, 0.1) is 31.5 Å². The van der Waals surface area contributed by atoms with E-state index in [-0.39, 0.29) is 51.0 Å². The van der Waals surface area contributed by atoms with Gasteiger partial charge in [-0.3, -0.25) is 23.4 Å². The molecule has 1 saturated carbocycles. The van der Waals surface area contributed by atoms with Crippen LogP contribution in [0, 0.1) is 11.8 Å². The van der Waals surface area contributed by atoms with E-state index in [1.807, 2.05) is 12.2 Å². The quantitative estimate of drug-likeness (QED) is 0.0173. The first-order valence-electron chi connectivity index (χ1n) is 22.3. The molecule has 0 aliphatic heterocycles. The Bertz CT molecular complexity index is 1290. The third kappa shape index (κ3) is 29.4. The Morgan fingerprint density at radius 3 is 2.05 bits per heavy atom. The molecule has 14 heteroatoms. The van der Waals surface area contributed by atoms with E-state index in [2.05, 4.69) is 38.2 Å². The number of ketones is 1. The molecule has 1 aliphatic rings. The zero-order valence-electron chi connectivity index (χ0n) is 36.0. The Kier molecular flexibility index (Phi) is 32.5. The van der Waals surface area contributed by atoms with Gasteiger partial charge in [0.2, 0.25) is 0 Å². The summed E-state index contributed by atoms with van der Waals surface area (Å²) in [7, 11) is -4.48. The number of ether oxygens (including phenoxy) is 2. The molecule has 0 radical (unpaired) electrons. The van der Waals surface area contributed by atoms with Crippen molar-refractivity contribution in [3.63, 3.8) is 0 Å². The number of carbonyl (C=O) groups is 3. The third-order valence-electron chi connectivity index (χ3n) is 10.2. The Morgan fingerprint density at radius 1 is 0.746 bits per heavy atom. The monoisotopic (exact) mass is 856 g/mol. The van der Waals surface area contributed by atoms with Crippen LogP contribution in [0.4, 0.5) is 0 Å². The van der Waals surface area contributed by atoms with Crippen molar-refractivity contribution in [2.75, 3.05) is 26.4 Å². The summed E-state index contributed by atoms with van der Waals surface area (Å²) in [6, 6.07) is 0. The average Bonchev–Trinajstić information content (AvgIpc) is 3.47. The van der Waals surface area contributed by atoms with Gasteiger partial charge in [-0.2, -0.15) is 0 Å². The predicted octanol–water partition coefficient (Wildman–Crippen LogP) is 8.28. The maximum Gasteiger partial charge on any atom is 0.472 e. The van der Waals surface area contributed by atoms with Gasteiger partial charge in [-0.15, -0.1) is 0 Å². The molecule has 0 amide bonds. The minimum Gasteiger partial charge on any atom is -0.462 e. The highest BCUT2D eigenvalue weighted by molar-refractivity contribution is 7.47. The lowest BCUT2D eigenvalue weighted by atomic mass is 9.87. The van der Waals surface area contributed by atoms with Crippen molar-refractivity contribution in [2.24, 2.45) is 17.6 Å². The van der Waals surface area contributed by atoms with Gasteiger partial charge in [0, 0.05) is 50.5 Å². The van der Waals surface area contributed by atoms with Crippen LogP contribution in [-0.4, -0.2) is 88.7 Å². The molecule has 0 aromatic rings. The smallest absolute Gasteiger partial charge is 0.462 e. The summed E-state index contributed by atoms with van der Waals surface area (Å²) in [5.41, 5.74) is 5.33. The van der Waals surface area contributed by atoms with Crippen LogP contribution in [-0.2, 0) is 37.5 Å². The van der Waals surface area contributed by atoms with E-state index in [9.17, 15) is 39.2 Å². The second-order valence-corrected chi connectivity index (χ2v) is 17.0. The van der Waals surface area contributed by atoms with Crippen LogP contribution in [0.25, 0.3) is 0 Å². The highest BCUT2D eigenvalue weighted by atomic mass is 31.2. The number of aliphatic hydroxyl groups excluding tert-OH is 3. The highest BCUT2D eigenvalue weighted by Crippen LogP contribution is 2.43. The Morgan fingerprint density at radius 2 is 1.36 bits per heavy atom. The summed E-state index contributed by atoms with van der Waals surface area (Å²) in [5.74, 6) is -2.18. The standard InChI is InChI=1S/C45H78NO12P/c1-3-5-7-8-9-10-11-12-13-14-15-16-17-18-19-20-22-28-45(52)58-39(36-57-59(53,54)56-32-31-46)35-55-44(51)27-24-23-26-38(48)33-41-40(42(49)34-43(41)50)30-29-37(47)25-21-6-4-2/h12-13,15-16,18-19,29-30,37,39-43,47,49-50H,3-11,14,17,20-28,31-36,46H2,1-2H3,(H,53,54)/b13-12-,16-15-,19-18-,30-29+/t37-,39+,40+,41+,42+,43-/m0/s1. The molecule has 1 unspecified atom stereocenters. The van der Waals surface area contributed by atoms with Crippen LogP contribution in [0.15, 0.2) is 48.6 Å². The summed E-state index contributed by atoms with van der Waals surface area (Å²) in [4.78, 5) is 47.9. The molecule has 6 N–H and O–H groups in total. The van der Waals surface area contributed by atoms with Crippen LogP contribution in [0.3, 0.4) is 0 Å². The number of hydrogen-bond acceptors (Lipinski definition) is 12. The zero-order chi connectivity index (χ0) is 43.6. The van der Waals surface area contributed by atoms with Crippen LogP contribution in [0.5, 0.6) is 0 Å². The second-order valence-electron chi connectivity index (χ2n) is 15.5. The van der Waals surface area contributed by atoms with E-state index in [0.29, 0.717) is 32.1 Å². The molecule has 1 fully saturated rings. The molecule has 0 bridgehead atoms. The molecular formula is C45H78NO12P.